The number of hydrogen-bond acceptors (Lipinski definition) is 5. The summed E-state index contributed by atoms with van der Waals surface area (Å²) in [6, 6.07) is 17.7. The van der Waals surface area contributed by atoms with Crippen molar-refractivity contribution in [3.8, 4) is 0 Å². The molecule has 4 rings (SSSR count). The molecule has 0 aliphatic carbocycles. The van der Waals surface area contributed by atoms with E-state index in [0.29, 0.717) is 26.3 Å². The largest absolute Gasteiger partial charge is 0.455 e. The normalized spacial score (nSPS) is 18.9. The van der Waals surface area contributed by atoms with Crippen molar-refractivity contribution in [2.45, 2.75) is 12.1 Å². The summed E-state index contributed by atoms with van der Waals surface area (Å²) in [5.41, 5.74) is 0.930. The van der Waals surface area contributed by atoms with Gasteiger partial charge >= 0.3 is 5.97 Å². The van der Waals surface area contributed by atoms with Gasteiger partial charge in [-0.05, 0) is 72.8 Å². The van der Waals surface area contributed by atoms with Crippen molar-refractivity contribution >= 4 is 62.2 Å². The first-order valence-electron chi connectivity index (χ1n) is 10.1. The Morgan fingerprint density at radius 2 is 1.21 bits per heavy atom. The SMILES string of the molecule is O=C(O[C@H]1CS(=O)(=O)C[C@H]1N(C(=O)c1ccc(Cl)cc1)c1ccc(Cl)cc1)c1ccc(Cl)cc1. The lowest BCUT2D eigenvalue weighted by atomic mass is 10.1. The van der Waals surface area contributed by atoms with Gasteiger partial charge in [0.05, 0.1) is 23.1 Å². The zero-order chi connectivity index (χ0) is 24.5. The summed E-state index contributed by atoms with van der Waals surface area (Å²) in [5, 5.41) is 1.35. The molecule has 34 heavy (non-hydrogen) atoms. The van der Waals surface area contributed by atoms with Crippen LogP contribution in [0.15, 0.2) is 72.8 Å². The summed E-state index contributed by atoms with van der Waals surface area (Å²) >= 11 is 17.9. The topological polar surface area (TPSA) is 80.8 Å². The second-order valence-electron chi connectivity index (χ2n) is 7.75. The van der Waals surface area contributed by atoms with Crippen LogP contribution in [0.25, 0.3) is 0 Å². The van der Waals surface area contributed by atoms with Gasteiger partial charge < -0.3 is 9.64 Å². The number of ether oxygens (including phenoxy) is 1. The second kappa shape index (κ2) is 9.96. The molecule has 1 aliphatic rings. The van der Waals surface area contributed by atoms with E-state index in [1.54, 1.807) is 48.5 Å². The molecule has 1 heterocycles. The van der Waals surface area contributed by atoms with E-state index in [1.807, 2.05) is 0 Å². The van der Waals surface area contributed by atoms with E-state index in [4.69, 9.17) is 39.5 Å². The summed E-state index contributed by atoms with van der Waals surface area (Å²) in [4.78, 5) is 27.7. The number of esters is 1. The average Bonchev–Trinajstić information content (AvgIpc) is 3.09. The van der Waals surface area contributed by atoms with Crippen LogP contribution < -0.4 is 4.90 Å². The zero-order valence-electron chi connectivity index (χ0n) is 17.5. The van der Waals surface area contributed by atoms with Crippen LogP contribution in [0.1, 0.15) is 20.7 Å². The number of benzene rings is 3. The zero-order valence-corrected chi connectivity index (χ0v) is 20.6. The number of rotatable bonds is 5. The highest BCUT2D eigenvalue weighted by molar-refractivity contribution is 7.91. The van der Waals surface area contributed by atoms with Crippen molar-refractivity contribution in [1.29, 1.82) is 0 Å². The van der Waals surface area contributed by atoms with Crippen LogP contribution in [-0.4, -0.2) is 43.9 Å². The minimum Gasteiger partial charge on any atom is -0.455 e. The molecular formula is C24H18Cl3NO5S. The Balaban J connectivity index is 1.72. The number of nitrogens with zero attached hydrogens (tertiary/aromatic N) is 1. The predicted octanol–water partition coefficient (Wildman–Crippen LogP) is 5.32. The molecular weight excluding hydrogens is 521 g/mol. The summed E-state index contributed by atoms with van der Waals surface area (Å²) in [6.07, 6.45) is -1.08. The van der Waals surface area contributed by atoms with Crippen molar-refractivity contribution < 1.29 is 22.7 Å². The highest BCUT2D eigenvalue weighted by Crippen LogP contribution is 2.30. The van der Waals surface area contributed by atoms with Gasteiger partial charge in [-0.25, -0.2) is 13.2 Å². The van der Waals surface area contributed by atoms with Gasteiger partial charge in [0.15, 0.2) is 9.84 Å². The number of anilines is 1. The van der Waals surface area contributed by atoms with Crippen LogP contribution in [0.4, 0.5) is 5.69 Å². The Morgan fingerprint density at radius 3 is 1.74 bits per heavy atom. The molecule has 1 saturated heterocycles. The van der Waals surface area contributed by atoms with E-state index in [9.17, 15) is 18.0 Å². The quantitative estimate of drug-likeness (QED) is 0.411. The highest BCUT2D eigenvalue weighted by atomic mass is 35.5. The summed E-state index contributed by atoms with van der Waals surface area (Å²) in [7, 11) is -3.60. The van der Waals surface area contributed by atoms with E-state index in [1.165, 1.54) is 29.2 Å². The first kappa shape index (κ1) is 24.5. The third-order valence-electron chi connectivity index (χ3n) is 5.36. The van der Waals surface area contributed by atoms with Crippen molar-refractivity contribution in [3.05, 3.63) is 99.0 Å². The molecule has 1 amide bonds. The molecule has 1 aliphatic heterocycles. The first-order chi connectivity index (χ1) is 16.1. The molecule has 176 valence electrons. The van der Waals surface area contributed by atoms with Gasteiger partial charge in [0.25, 0.3) is 5.91 Å². The molecule has 0 radical (unpaired) electrons. The molecule has 0 saturated carbocycles. The average molecular weight is 539 g/mol. The van der Waals surface area contributed by atoms with Gasteiger partial charge in [0.2, 0.25) is 0 Å². The molecule has 10 heteroatoms. The van der Waals surface area contributed by atoms with E-state index >= 15 is 0 Å². The number of sulfone groups is 1. The molecule has 3 aromatic rings. The van der Waals surface area contributed by atoms with E-state index < -0.39 is 39.6 Å². The standard InChI is InChI=1S/C24H18Cl3NO5S/c25-17-5-1-15(2-6-17)23(29)28(20-11-9-19(27)10-12-20)21-13-34(31,32)14-22(21)33-24(30)16-3-7-18(26)8-4-16/h1-12,21-22H,13-14H2/t21-,22+/m1/s1. The fraction of sp³-hybridized carbons (Fsp3) is 0.167. The molecule has 0 aromatic heterocycles. The van der Waals surface area contributed by atoms with Crippen LogP contribution in [0.5, 0.6) is 0 Å². The number of halogens is 3. The third-order valence-corrected chi connectivity index (χ3v) is 7.80. The van der Waals surface area contributed by atoms with E-state index in [2.05, 4.69) is 0 Å². The smallest absolute Gasteiger partial charge is 0.338 e. The lowest BCUT2D eigenvalue weighted by Gasteiger charge is -2.32. The summed E-state index contributed by atoms with van der Waals surface area (Å²) in [6.45, 7) is 0. The second-order valence-corrected chi connectivity index (χ2v) is 11.2. The van der Waals surface area contributed by atoms with Crippen LogP contribution >= 0.6 is 34.8 Å². The maximum absolute atomic E-state index is 13.6. The monoisotopic (exact) mass is 537 g/mol. The van der Waals surface area contributed by atoms with Crippen molar-refractivity contribution in [1.82, 2.24) is 0 Å². The van der Waals surface area contributed by atoms with Gasteiger partial charge in [0.1, 0.15) is 6.10 Å². The number of amides is 1. The lowest BCUT2D eigenvalue weighted by molar-refractivity contribution is 0.0314. The maximum Gasteiger partial charge on any atom is 0.338 e. The molecule has 0 unspecified atom stereocenters. The molecule has 3 aromatic carbocycles. The Hall–Kier alpha value is -2.58. The number of carbonyl (C=O) groups excluding carboxylic acids is 2. The fourth-order valence-electron chi connectivity index (χ4n) is 3.73. The van der Waals surface area contributed by atoms with E-state index in [-0.39, 0.29) is 11.3 Å². The van der Waals surface area contributed by atoms with Crippen LogP contribution in [0, 0.1) is 0 Å². The van der Waals surface area contributed by atoms with Crippen molar-refractivity contribution in [3.63, 3.8) is 0 Å². The van der Waals surface area contributed by atoms with Crippen molar-refractivity contribution in [2.24, 2.45) is 0 Å². The third kappa shape index (κ3) is 5.55. The number of hydrogen-bond donors (Lipinski definition) is 0. The minimum absolute atomic E-state index is 0.217. The fourth-order valence-corrected chi connectivity index (χ4v) is 5.92. The van der Waals surface area contributed by atoms with Gasteiger partial charge in [-0.15, -0.1) is 0 Å². The minimum atomic E-state index is -3.60. The molecule has 6 nitrogen and oxygen atoms in total. The van der Waals surface area contributed by atoms with Gasteiger partial charge in [0, 0.05) is 26.3 Å². The summed E-state index contributed by atoms with van der Waals surface area (Å²) in [5.74, 6) is -1.95. The van der Waals surface area contributed by atoms with Crippen LogP contribution in [-0.2, 0) is 14.6 Å². The number of carbonyl (C=O) groups is 2. The first-order valence-corrected chi connectivity index (χ1v) is 13.1. The maximum atomic E-state index is 13.6. The van der Waals surface area contributed by atoms with Crippen LogP contribution in [0.3, 0.4) is 0 Å². The van der Waals surface area contributed by atoms with Gasteiger partial charge in [-0.1, -0.05) is 34.8 Å². The Bertz CT molecular complexity index is 1310. The van der Waals surface area contributed by atoms with E-state index in [0.717, 1.165) is 0 Å². The Kier molecular flexibility index (Phi) is 7.19. The van der Waals surface area contributed by atoms with Crippen LogP contribution in [0.2, 0.25) is 15.1 Å². The molecule has 0 spiro atoms. The van der Waals surface area contributed by atoms with Gasteiger partial charge in [-0.2, -0.15) is 0 Å². The predicted molar refractivity (Wildman–Crippen MR) is 133 cm³/mol. The molecule has 0 bridgehead atoms. The van der Waals surface area contributed by atoms with Gasteiger partial charge in [-0.3, -0.25) is 4.79 Å². The lowest BCUT2D eigenvalue weighted by Crippen LogP contribution is -2.48. The molecule has 2 atom stereocenters. The molecule has 0 N–H and O–H groups in total. The molecule has 1 fully saturated rings. The Labute approximate surface area is 211 Å². The van der Waals surface area contributed by atoms with Crippen molar-refractivity contribution in [2.75, 3.05) is 16.4 Å². The summed E-state index contributed by atoms with van der Waals surface area (Å²) < 4.78 is 30.9. The Morgan fingerprint density at radius 1 is 0.735 bits per heavy atom. The highest BCUT2D eigenvalue weighted by Gasteiger charge is 2.46.